The molecule has 2 aliphatic heterocycles. The summed E-state index contributed by atoms with van der Waals surface area (Å²) < 4.78 is 27.6. The van der Waals surface area contributed by atoms with Crippen molar-refractivity contribution >= 4 is 45.0 Å². The van der Waals surface area contributed by atoms with Crippen molar-refractivity contribution in [3.63, 3.8) is 0 Å². The van der Waals surface area contributed by atoms with Gasteiger partial charge in [-0.15, -0.1) is 0 Å². The number of carbonyl (C=O) groups excluding carboxylic acids is 2. The van der Waals surface area contributed by atoms with Gasteiger partial charge in [0.25, 0.3) is 15.9 Å². The smallest absolute Gasteiger partial charge is 0.268 e. The molecule has 0 unspecified atom stereocenters. The summed E-state index contributed by atoms with van der Waals surface area (Å²) in [5.41, 5.74) is 0.981. The van der Waals surface area contributed by atoms with Crippen LogP contribution in [0.4, 0.5) is 0 Å². The fraction of sp³-hybridized carbons (Fsp3) is 0.364. The third-order valence-electron chi connectivity index (χ3n) is 5.82. The highest BCUT2D eigenvalue weighted by atomic mass is 35.5. The van der Waals surface area contributed by atoms with Gasteiger partial charge in [-0.05, 0) is 37.0 Å². The molecule has 0 aliphatic carbocycles. The summed E-state index contributed by atoms with van der Waals surface area (Å²) in [6.07, 6.45) is 2.93. The number of piperidine rings is 1. The fourth-order valence-electron chi connectivity index (χ4n) is 4.14. The first-order valence-corrected chi connectivity index (χ1v) is 12.4. The van der Waals surface area contributed by atoms with Crippen LogP contribution < -0.4 is 0 Å². The molecule has 0 aromatic heterocycles. The average Bonchev–Trinajstić information content (AvgIpc) is 3.17. The lowest BCUT2D eigenvalue weighted by atomic mass is 9.99. The number of likely N-dealkylation sites (tertiary alicyclic amines) is 1. The zero-order chi connectivity index (χ0) is 22.2. The molecule has 0 radical (unpaired) electrons. The van der Waals surface area contributed by atoms with E-state index < -0.39 is 15.9 Å². The van der Waals surface area contributed by atoms with E-state index in [4.69, 9.17) is 23.2 Å². The fourth-order valence-corrected chi connectivity index (χ4v) is 6.42. The van der Waals surface area contributed by atoms with Crippen LogP contribution in [0.3, 0.4) is 0 Å². The summed E-state index contributed by atoms with van der Waals surface area (Å²) in [5.74, 6) is -1.06. The van der Waals surface area contributed by atoms with Gasteiger partial charge in [0.05, 0.1) is 15.6 Å². The molecule has 6 nitrogen and oxygen atoms in total. The van der Waals surface area contributed by atoms with E-state index in [9.17, 15) is 18.0 Å². The Morgan fingerprint density at radius 2 is 1.65 bits per heavy atom. The standard InChI is InChI=1S/C22H22Cl2N2O4S/c23-18-13-19(24)20(12-17(18)22(28)25-9-5-2-6-10-25)31(29,30)26-14-16(11-21(26)27)15-7-3-1-4-8-15/h1,3-4,7-8,12-13,16H,2,5-6,9-11,14H2/t16-/m0/s1. The number of halogens is 2. The van der Waals surface area contributed by atoms with E-state index in [1.165, 1.54) is 12.1 Å². The molecule has 2 heterocycles. The second kappa shape index (κ2) is 8.81. The molecule has 2 aliphatic rings. The van der Waals surface area contributed by atoms with Crippen LogP contribution in [0, 0.1) is 0 Å². The summed E-state index contributed by atoms with van der Waals surface area (Å²) in [6.45, 7) is 1.23. The molecule has 0 N–H and O–H groups in total. The summed E-state index contributed by atoms with van der Waals surface area (Å²) in [7, 11) is -4.24. The van der Waals surface area contributed by atoms with E-state index in [-0.39, 0.29) is 45.3 Å². The van der Waals surface area contributed by atoms with Gasteiger partial charge in [0.2, 0.25) is 5.91 Å². The van der Waals surface area contributed by atoms with Crippen LogP contribution >= 0.6 is 23.2 Å². The van der Waals surface area contributed by atoms with Crippen LogP contribution in [0.1, 0.15) is 47.5 Å². The van der Waals surface area contributed by atoms with Crippen molar-refractivity contribution in [1.29, 1.82) is 0 Å². The van der Waals surface area contributed by atoms with Crippen molar-refractivity contribution < 1.29 is 18.0 Å². The maximum absolute atomic E-state index is 13.4. The molecule has 2 saturated heterocycles. The third-order valence-corrected chi connectivity index (χ3v) is 8.38. The zero-order valence-corrected chi connectivity index (χ0v) is 19.1. The maximum Gasteiger partial charge on any atom is 0.268 e. The van der Waals surface area contributed by atoms with Gasteiger partial charge >= 0.3 is 0 Å². The minimum absolute atomic E-state index is 0.0273. The maximum atomic E-state index is 13.4. The molecular weight excluding hydrogens is 459 g/mol. The van der Waals surface area contributed by atoms with Crippen molar-refractivity contribution in [2.75, 3.05) is 19.6 Å². The van der Waals surface area contributed by atoms with Gasteiger partial charge in [0, 0.05) is 32.0 Å². The Labute approximate surface area is 191 Å². The largest absolute Gasteiger partial charge is 0.339 e. The van der Waals surface area contributed by atoms with Gasteiger partial charge in [-0.3, -0.25) is 9.59 Å². The van der Waals surface area contributed by atoms with Crippen molar-refractivity contribution in [3.05, 3.63) is 63.6 Å². The number of hydrogen-bond acceptors (Lipinski definition) is 4. The van der Waals surface area contributed by atoms with Crippen molar-refractivity contribution in [2.45, 2.75) is 36.5 Å². The second-order valence-electron chi connectivity index (χ2n) is 7.86. The molecule has 9 heteroatoms. The predicted octanol–water partition coefficient (Wildman–Crippen LogP) is 4.32. The van der Waals surface area contributed by atoms with E-state index >= 15 is 0 Å². The average molecular weight is 481 g/mol. The van der Waals surface area contributed by atoms with Gasteiger partial charge in [0.1, 0.15) is 4.90 Å². The molecule has 0 spiro atoms. The Bertz CT molecular complexity index is 1120. The Hall–Kier alpha value is -2.09. The molecule has 31 heavy (non-hydrogen) atoms. The van der Waals surface area contributed by atoms with Crippen molar-refractivity contribution in [1.82, 2.24) is 9.21 Å². The molecule has 2 aromatic rings. The number of hydrogen-bond donors (Lipinski definition) is 0. The number of benzene rings is 2. The molecule has 2 amide bonds. The highest BCUT2D eigenvalue weighted by Gasteiger charge is 2.40. The van der Waals surface area contributed by atoms with E-state index in [1.54, 1.807) is 4.90 Å². The van der Waals surface area contributed by atoms with Gasteiger partial charge in [-0.1, -0.05) is 53.5 Å². The monoisotopic (exact) mass is 480 g/mol. The van der Waals surface area contributed by atoms with Crippen LogP contribution in [0.5, 0.6) is 0 Å². The minimum Gasteiger partial charge on any atom is -0.339 e. The van der Waals surface area contributed by atoms with Crippen molar-refractivity contribution in [2.24, 2.45) is 0 Å². The van der Waals surface area contributed by atoms with Gasteiger partial charge in [-0.25, -0.2) is 12.7 Å². The SMILES string of the molecule is O=C(c1cc(S(=O)(=O)N2C[C@@H](c3ccccc3)CC2=O)c(Cl)cc1Cl)N1CCCCC1. The molecule has 0 saturated carbocycles. The highest BCUT2D eigenvalue weighted by Crippen LogP contribution is 2.36. The molecule has 2 aromatic carbocycles. The van der Waals surface area contributed by atoms with Crippen LogP contribution in [-0.2, 0) is 14.8 Å². The van der Waals surface area contributed by atoms with Crippen LogP contribution in [0.2, 0.25) is 10.0 Å². The summed E-state index contributed by atoms with van der Waals surface area (Å²) in [4.78, 5) is 27.0. The third kappa shape index (κ3) is 4.31. The lowest BCUT2D eigenvalue weighted by Crippen LogP contribution is -2.36. The zero-order valence-electron chi connectivity index (χ0n) is 16.8. The first-order chi connectivity index (χ1) is 14.8. The predicted molar refractivity (Wildman–Crippen MR) is 119 cm³/mol. The topological polar surface area (TPSA) is 74.8 Å². The summed E-state index contributed by atoms with van der Waals surface area (Å²) in [5, 5.41) is -0.0226. The number of rotatable bonds is 4. The summed E-state index contributed by atoms with van der Waals surface area (Å²) in [6, 6.07) is 11.8. The van der Waals surface area contributed by atoms with Crippen molar-refractivity contribution in [3.8, 4) is 0 Å². The van der Waals surface area contributed by atoms with Gasteiger partial charge in [0.15, 0.2) is 0 Å². The van der Waals surface area contributed by atoms with Crippen LogP contribution in [-0.4, -0.2) is 49.1 Å². The lowest BCUT2D eigenvalue weighted by molar-refractivity contribution is -0.123. The molecule has 0 bridgehead atoms. The minimum atomic E-state index is -4.24. The van der Waals surface area contributed by atoms with Crippen LogP contribution in [0.25, 0.3) is 0 Å². The molecular formula is C22H22Cl2N2O4S. The quantitative estimate of drug-likeness (QED) is 0.652. The van der Waals surface area contributed by atoms with Gasteiger partial charge < -0.3 is 4.90 Å². The summed E-state index contributed by atoms with van der Waals surface area (Å²) >= 11 is 12.5. The molecule has 1 atom stereocenters. The normalized spacial score (nSPS) is 19.7. The Morgan fingerprint density at radius 1 is 0.968 bits per heavy atom. The van der Waals surface area contributed by atoms with Gasteiger partial charge in [-0.2, -0.15) is 0 Å². The first-order valence-electron chi connectivity index (χ1n) is 10.2. The van der Waals surface area contributed by atoms with E-state index in [0.717, 1.165) is 29.1 Å². The van der Waals surface area contributed by atoms with E-state index in [0.29, 0.717) is 13.1 Å². The number of carbonyl (C=O) groups is 2. The van der Waals surface area contributed by atoms with E-state index in [1.807, 2.05) is 30.3 Å². The van der Waals surface area contributed by atoms with Crippen LogP contribution in [0.15, 0.2) is 47.4 Å². The number of amides is 2. The molecule has 164 valence electrons. The Balaban J connectivity index is 1.66. The molecule has 4 rings (SSSR count). The lowest BCUT2D eigenvalue weighted by Gasteiger charge is -2.27. The second-order valence-corrected chi connectivity index (χ2v) is 10.5. The highest BCUT2D eigenvalue weighted by molar-refractivity contribution is 7.89. The Morgan fingerprint density at radius 3 is 2.32 bits per heavy atom. The Kier molecular flexibility index (Phi) is 6.28. The van der Waals surface area contributed by atoms with E-state index in [2.05, 4.69) is 0 Å². The molecule has 2 fully saturated rings. The number of nitrogens with zero attached hydrogens (tertiary/aromatic N) is 2. The number of sulfonamides is 1. The first kappa shape index (κ1) is 22.1.